The lowest BCUT2D eigenvalue weighted by Gasteiger charge is -2.65. The highest BCUT2D eigenvalue weighted by Crippen LogP contribution is 2.57. The summed E-state index contributed by atoms with van der Waals surface area (Å²) in [5.41, 5.74) is 7.17. The van der Waals surface area contributed by atoms with E-state index < -0.39 is 5.54 Å². The second-order valence-electron chi connectivity index (χ2n) is 8.00. The molecule has 3 unspecified atom stereocenters. The van der Waals surface area contributed by atoms with E-state index in [1.807, 2.05) is 42.9 Å². The van der Waals surface area contributed by atoms with Crippen molar-refractivity contribution in [3.8, 4) is 0 Å². The molecule has 6 nitrogen and oxygen atoms in total. The van der Waals surface area contributed by atoms with Crippen molar-refractivity contribution in [3.63, 3.8) is 0 Å². The van der Waals surface area contributed by atoms with Gasteiger partial charge in [-0.05, 0) is 18.4 Å². The third kappa shape index (κ3) is 2.56. The molecule has 2 fully saturated rings. The van der Waals surface area contributed by atoms with Gasteiger partial charge >= 0.3 is 0 Å². The highest BCUT2D eigenvalue weighted by molar-refractivity contribution is 6.00. The Balaban J connectivity index is 1.47. The van der Waals surface area contributed by atoms with Gasteiger partial charge in [0.25, 0.3) is 0 Å². The maximum atomic E-state index is 13.0. The second kappa shape index (κ2) is 6.21. The predicted molar refractivity (Wildman–Crippen MR) is 99.6 cm³/mol. The van der Waals surface area contributed by atoms with Gasteiger partial charge in [0, 0.05) is 24.1 Å². The van der Waals surface area contributed by atoms with Crippen LogP contribution in [0.25, 0.3) is 0 Å². The van der Waals surface area contributed by atoms with Crippen LogP contribution in [0, 0.1) is 11.3 Å². The van der Waals surface area contributed by atoms with Gasteiger partial charge in [-0.2, -0.15) is 5.10 Å². The van der Waals surface area contributed by atoms with Gasteiger partial charge in [-0.15, -0.1) is 0 Å². The number of carbonyl (C=O) groups is 1. The fourth-order valence-corrected chi connectivity index (χ4v) is 4.56. The number of amides is 1. The number of fused-ring (bicyclic) bond motifs is 1. The molecule has 2 heterocycles. The lowest BCUT2D eigenvalue weighted by molar-refractivity contribution is -0.222. The number of anilines is 1. The zero-order valence-electron chi connectivity index (χ0n) is 15.3. The summed E-state index contributed by atoms with van der Waals surface area (Å²) in [6, 6.07) is 10.1. The van der Waals surface area contributed by atoms with Crippen LogP contribution in [0.2, 0.25) is 0 Å². The molecule has 26 heavy (non-hydrogen) atoms. The summed E-state index contributed by atoms with van der Waals surface area (Å²) < 4.78 is 7.69. The van der Waals surface area contributed by atoms with Crippen molar-refractivity contribution in [1.29, 1.82) is 0 Å². The van der Waals surface area contributed by atoms with Crippen LogP contribution >= 0.6 is 0 Å². The molecule has 1 saturated heterocycles. The minimum atomic E-state index is -0.917. The van der Waals surface area contributed by atoms with E-state index in [2.05, 4.69) is 22.5 Å². The number of nitrogens with two attached hydrogens (primary N) is 1. The summed E-state index contributed by atoms with van der Waals surface area (Å²) in [6.07, 6.45) is 5.47. The number of nitrogens with zero attached hydrogens (tertiary/aromatic N) is 2. The fourth-order valence-electron chi connectivity index (χ4n) is 4.56. The molecule has 138 valence electrons. The number of hydrogen-bond acceptors (Lipinski definition) is 4. The van der Waals surface area contributed by atoms with Gasteiger partial charge in [0.2, 0.25) is 5.91 Å². The molecule has 4 rings (SSSR count). The summed E-state index contributed by atoms with van der Waals surface area (Å²) >= 11 is 0. The third-order valence-corrected chi connectivity index (χ3v) is 6.14. The molecule has 1 aromatic carbocycles. The van der Waals surface area contributed by atoms with Crippen molar-refractivity contribution in [2.45, 2.75) is 44.9 Å². The van der Waals surface area contributed by atoms with Gasteiger partial charge in [-0.1, -0.05) is 44.2 Å². The van der Waals surface area contributed by atoms with E-state index in [1.54, 1.807) is 6.20 Å². The molecule has 1 aliphatic heterocycles. The molecule has 1 aromatic heterocycles. The van der Waals surface area contributed by atoms with Crippen LogP contribution in [-0.4, -0.2) is 33.9 Å². The Kier molecular flexibility index (Phi) is 4.12. The quantitative estimate of drug-likeness (QED) is 0.883. The lowest BCUT2D eigenvalue weighted by Crippen LogP contribution is -2.81. The highest BCUT2D eigenvalue weighted by atomic mass is 16.5. The number of carbonyl (C=O) groups excluding carboxylic acids is 1. The van der Waals surface area contributed by atoms with Crippen molar-refractivity contribution < 1.29 is 9.53 Å². The van der Waals surface area contributed by atoms with E-state index >= 15 is 0 Å². The second-order valence-corrected chi connectivity index (χ2v) is 8.00. The lowest BCUT2D eigenvalue weighted by atomic mass is 9.46. The summed E-state index contributed by atoms with van der Waals surface area (Å²) in [5.74, 6) is -0.0703. The topological polar surface area (TPSA) is 82.2 Å². The Hall–Kier alpha value is -2.18. The molecule has 2 aromatic rings. The summed E-state index contributed by atoms with van der Waals surface area (Å²) in [4.78, 5) is 13.0. The first kappa shape index (κ1) is 17.2. The Morgan fingerprint density at radius 1 is 1.38 bits per heavy atom. The standard InChI is InChI=1S/C20H26N4O2/c1-19(2)17-16(9-6-10-26-17)20(19,21)18(25)23-15-11-22-24(13-15)12-14-7-4-3-5-8-14/h3-5,7-8,11,13,16-17H,6,9-10,12,21H2,1-2H3,(H,23,25). The van der Waals surface area contributed by atoms with Crippen LogP contribution in [0.4, 0.5) is 5.69 Å². The van der Waals surface area contributed by atoms with E-state index in [4.69, 9.17) is 10.5 Å². The Bertz CT molecular complexity index is 801. The Morgan fingerprint density at radius 3 is 2.92 bits per heavy atom. The van der Waals surface area contributed by atoms with Crippen molar-refractivity contribution in [1.82, 2.24) is 9.78 Å². The molecule has 6 heteroatoms. The zero-order valence-corrected chi connectivity index (χ0v) is 15.3. The first-order chi connectivity index (χ1) is 12.4. The molecule has 1 amide bonds. The molecule has 0 bridgehead atoms. The largest absolute Gasteiger partial charge is 0.377 e. The number of benzene rings is 1. The van der Waals surface area contributed by atoms with Gasteiger partial charge in [0.15, 0.2) is 0 Å². The third-order valence-electron chi connectivity index (χ3n) is 6.14. The number of rotatable bonds is 4. The fraction of sp³-hybridized carbons (Fsp3) is 0.500. The molecule has 2 aliphatic rings. The Labute approximate surface area is 153 Å². The summed E-state index contributed by atoms with van der Waals surface area (Å²) in [6.45, 7) is 5.47. The molecule has 0 spiro atoms. The van der Waals surface area contributed by atoms with E-state index in [0.717, 1.165) is 25.0 Å². The number of nitrogens with one attached hydrogen (secondary N) is 1. The zero-order chi connectivity index (χ0) is 18.4. The van der Waals surface area contributed by atoms with Gasteiger partial charge in [0.1, 0.15) is 5.54 Å². The van der Waals surface area contributed by atoms with Gasteiger partial charge < -0.3 is 15.8 Å². The van der Waals surface area contributed by atoms with Crippen LogP contribution in [0.5, 0.6) is 0 Å². The average molecular weight is 354 g/mol. The number of hydrogen-bond donors (Lipinski definition) is 2. The molecule has 3 atom stereocenters. The minimum absolute atomic E-state index is 0.0628. The Morgan fingerprint density at radius 2 is 2.15 bits per heavy atom. The van der Waals surface area contributed by atoms with Crippen LogP contribution in [-0.2, 0) is 16.1 Å². The van der Waals surface area contributed by atoms with Crippen LogP contribution in [0.3, 0.4) is 0 Å². The van der Waals surface area contributed by atoms with E-state index in [9.17, 15) is 4.79 Å². The summed E-state index contributed by atoms with van der Waals surface area (Å²) in [5, 5.41) is 7.32. The summed E-state index contributed by atoms with van der Waals surface area (Å²) in [7, 11) is 0. The van der Waals surface area contributed by atoms with Crippen LogP contribution in [0.1, 0.15) is 32.3 Å². The van der Waals surface area contributed by atoms with Crippen molar-refractivity contribution in [2.75, 3.05) is 11.9 Å². The normalized spacial score (nSPS) is 29.5. The average Bonchev–Trinajstić information content (AvgIpc) is 3.08. The molecular formula is C20H26N4O2. The molecule has 1 aliphatic carbocycles. The van der Waals surface area contributed by atoms with Gasteiger partial charge in [-0.3, -0.25) is 9.48 Å². The van der Waals surface area contributed by atoms with E-state index in [1.165, 1.54) is 0 Å². The maximum absolute atomic E-state index is 13.0. The van der Waals surface area contributed by atoms with Crippen LogP contribution < -0.4 is 11.1 Å². The van der Waals surface area contributed by atoms with E-state index in [0.29, 0.717) is 12.2 Å². The molecule has 1 saturated carbocycles. The van der Waals surface area contributed by atoms with E-state index in [-0.39, 0.29) is 23.3 Å². The van der Waals surface area contributed by atoms with Crippen molar-refractivity contribution in [3.05, 3.63) is 48.3 Å². The highest BCUT2D eigenvalue weighted by Gasteiger charge is 2.70. The number of aromatic nitrogens is 2. The SMILES string of the molecule is CC1(C)C2OCCCC2C1(N)C(=O)Nc1cnn(Cc2ccccc2)c1. The first-order valence-electron chi connectivity index (χ1n) is 9.21. The monoisotopic (exact) mass is 354 g/mol. The smallest absolute Gasteiger partial charge is 0.245 e. The maximum Gasteiger partial charge on any atom is 0.245 e. The van der Waals surface area contributed by atoms with Crippen molar-refractivity contribution in [2.24, 2.45) is 17.1 Å². The number of ether oxygens (including phenoxy) is 1. The van der Waals surface area contributed by atoms with Crippen LogP contribution in [0.15, 0.2) is 42.7 Å². The van der Waals surface area contributed by atoms with Crippen molar-refractivity contribution >= 4 is 11.6 Å². The molecular weight excluding hydrogens is 328 g/mol. The molecule has 3 N–H and O–H groups in total. The first-order valence-corrected chi connectivity index (χ1v) is 9.21. The van der Waals surface area contributed by atoms with Gasteiger partial charge in [-0.25, -0.2) is 0 Å². The minimum Gasteiger partial charge on any atom is -0.377 e. The molecule has 0 radical (unpaired) electrons. The predicted octanol–water partition coefficient (Wildman–Crippen LogP) is 2.40. The van der Waals surface area contributed by atoms with Gasteiger partial charge in [0.05, 0.1) is 24.5 Å².